The first-order chi connectivity index (χ1) is 13.5. The van der Waals surface area contributed by atoms with Crippen LogP contribution in [0, 0.1) is 11.3 Å². The molecule has 2 aromatic carbocycles. The van der Waals surface area contributed by atoms with Crippen LogP contribution in [0.2, 0.25) is 0 Å². The molecule has 28 heavy (non-hydrogen) atoms. The summed E-state index contributed by atoms with van der Waals surface area (Å²) in [6, 6.07) is 12.9. The van der Waals surface area contributed by atoms with Gasteiger partial charge < -0.3 is 19.5 Å². The van der Waals surface area contributed by atoms with Gasteiger partial charge in [0.15, 0.2) is 11.5 Å². The minimum absolute atomic E-state index is 0.0318. The van der Waals surface area contributed by atoms with Crippen molar-refractivity contribution in [1.29, 1.82) is 5.26 Å². The Morgan fingerprint density at radius 1 is 1.07 bits per heavy atom. The first-order valence-corrected chi connectivity index (χ1v) is 9.26. The molecule has 0 atom stereocenters. The molecule has 6 nitrogen and oxygen atoms in total. The average Bonchev–Trinajstić information content (AvgIpc) is 2.71. The van der Waals surface area contributed by atoms with Crippen LogP contribution >= 0.6 is 15.9 Å². The molecule has 0 heterocycles. The lowest BCUT2D eigenvalue weighted by atomic mass is 10.1. The lowest BCUT2D eigenvalue weighted by Crippen LogP contribution is -2.26. The normalized spacial score (nSPS) is 10.8. The van der Waals surface area contributed by atoms with Gasteiger partial charge in [-0.15, -0.1) is 0 Å². The molecule has 0 aliphatic heterocycles. The summed E-state index contributed by atoms with van der Waals surface area (Å²) in [6.45, 7) is 0.389. The summed E-state index contributed by atoms with van der Waals surface area (Å²) < 4.78 is 16.4. The molecule has 146 valence electrons. The van der Waals surface area contributed by atoms with Gasteiger partial charge in [-0.25, -0.2) is 0 Å². The molecular weight excluding hydrogens is 424 g/mol. The van der Waals surface area contributed by atoms with E-state index < -0.39 is 5.91 Å². The van der Waals surface area contributed by atoms with E-state index in [2.05, 4.69) is 21.2 Å². The van der Waals surface area contributed by atoms with Gasteiger partial charge in [0, 0.05) is 6.54 Å². The molecule has 2 rings (SSSR count). The number of benzene rings is 2. The number of carbonyl (C=O) groups excluding carboxylic acids is 1. The van der Waals surface area contributed by atoms with Crippen LogP contribution in [-0.4, -0.2) is 33.8 Å². The van der Waals surface area contributed by atoms with Crippen molar-refractivity contribution in [3.63, 3.8) is 0 Å². The number of nitrogens with one attached hydrogen (secondary N) is 1. The number of nitriles is 1. The van der Waals surface area contributed by atoms with Crippen molar-refractivity contribution in [3.05, 3.63) is 57.6 Å². The number of halogens is 1. The van der Waals surface area contributed by atoms with Crippen molar-refractivity contribution in [2.24, 2.45) is 0 Å². The molecule has 0 aromatic heterocycles. The molecule has 1 amide bonds. The van der Waals surface area contributed by atoms with E-state index in [1.807, 2.05) is 24.3 Å². The second kappa shape index (κ2) is 10.4. The number of hydrogen-bond donors (Lipinski definition) is 1. The Bertz CT molecular complexity index is 919. The van der Waals surface area contributed by atoms with Gasteiger partial charge in [-0.05, 0) is 63.8 Å². The van der Waals surface area contributed by atoms with Crippen molar-refractivity contribution in [3.8, 4) is 23.3 Å². The highest BCUT2D eigenvalue weighted by atomic mass is 79.9. The minimum atomic E-state index is -0.421. The van der Waals surface area contributed by atoms with Gasteiger partial charge in [0.1, 0.15) is 17.4 Å². The van der Waals surface area contributed by atoms with Gasteiger partial charge in [-0.3, -0.25) is 4.79 Å². The number of methoxy groups -OCH3 is 3. The number of amides is 1. The second-order valence-electron chi connectivity index (χ2n) is 5.76. The third kappa shape index (κ3) is 5.51. The van der Waals surface area contributed by atoms with E-state index >= 15 is 0 Å². The molecule has 0 unspecified atom stereocenters. The molecule has 0 aliphatic carbocycles. The topological polar surface area (TPSA) is 80.6 Å². The predicted octanol–water partition coefficient (Wildman–Crippen LogP) is 3.74. The molecule has 0 saturated carbocycles. The summed E-state index contributed by atoms with van der Waals surface area (Å²) in [5.41, 5.74) is 1.74. The van der Waals surface area contributed by atoms with Crippen LogP contribution in [0.3, 0.4) is 0 Å². The standard InChI is InChI=1S/C21H21BrN2O4/c1-26-18-6-5-15(11-17(18)22)10-16(13-23)21(25)24-9-8-14-4-7-19(27-2)20(12-14)28-3/h4-7,10-12H,8-9H2,1-3H3,(H,24,25)/b16-10+. The molecule has 0 spiro atoms. The summed E-state index contributed by atoms with van der Waals surface area (Å²) >= 11 is 3.39. The van der Waals surface area contributed by atoms with Gasteiger partial charge in [-0.1, -0.05) is 12.1 Å². The monoisotopic (exact) mass is 444 g/mol. The Hall–Kier alpha value is -2.98. The summed E-state index contributed by atoms with van der Waals surface area (Å²) in [5.74, 6) is 1.54. The van der Waals surface area contributed by atoms with Crippen molar-refractivity contribution >= 4 is 27.9 Å². The number of rotatable bonds is 8. The Balaban J connectivity index is 2.01. The smallest absolute Gasteiger partial charge is 0.261 e. The maximum absolute atomic E-state index is 12.3. The molecule has 0 bridgehead atoms. The number of carbonyl (C=O) groups is 1. The first-order valence-electron chi connectivity index (χ1n) is 8.46. The maximum Gasteiger partial charge on any atom is 0.261 e. The fraction of sp³-hybridized carbons (Fsp3) is 0.238. The quantitative estimate of drug-likeness (QED) is 0.495. The summed E-state index contributed by atoms with van der Waals surface area (Å²) in [6.07, 6.45) is 2.13. The molecule has 0 fully saturated rings. The van der Waals surface area contributed by atoms with E-state index in [4.69, 9.17) is 14.2 Å². The van der Waals surface area contributed by atoms with Crippen LogP contribution in [0.15, 0.2) is 46.4 Å². The fourth-order valence-corrected chi connectivity index (χ4v) is 3.10. The van der Waals surface area contributed by atoms with E-state index in [-0.39, 0.29) is 5.57 Å². The van der Waals surface area contributed by atoms with Crippen LogP contribution < -0.4 is 19.5 Å². The van der Waals surface area contributed by atoms with Crippen LogP contribution in [0.4, 0.5) is 0 Å². The maximum atomic E-state index is 12.3. The number of hydrogen-bond acceptors (Lipinski definition) is 5. The van der Waals surface area contributed by atoms with Gasteiger partial charge in [0.2, 0.25) is 0 Å². The third-order valence-electron chi connectivity index (χ3n) is 4.00. The summed E-state index contributed by atoms with van der Waals surface area (Å²) in [5, 5.41) is 12.1. The van der Waals surface area contributed by atoms with Gasteiger partial charge in [-0.2, -0.15) is 5.26 Å². The van der Waals surface area contributed by atoms with E-state index in [9.17, 15) is 10.1 Å². The molecule has 0 saturated heterocycles. The molecule has 0 aliphatic rings. The highest BCUT2D eigenvalue weighted by molar-refractivity contribution is 9.10. The zero-order valence-corrected chi connectivity index (χ0v) is 17.5. The Morgan fingerprint density at radius 2 is 1.75 bits per heavy atom. The van der Waals surface area contributed by atoms with Gasteiger partial charge in [0.25, 0.3) is 5.91 Å². The summed E-state index contributed by atoms with van der Waals surface area (Å²) in [4.78, 5) is 12.3. The van der Waals surface area contributed by atoms with E-state index in [0.717, 1.165) is 15.6 Å². The Labute approximate surface area is 172 Å². The molecule has 7 heteroatoms. The van der Waals surface area contributed by atoms with Crippen molar-refractivity contribution in [1.82, 2.24) is 5.32 Å². The van der Waals surface area contributed by atoms with E-state index in [0.29, 0.717) is 30.2 Å². The Morgan fingerprint density at radius 3 is 2.36 bits per heavy atom. The molecule has 2 aromatic rings. The summed E-state index contributed by atoms with van der Waals surface area (Å²) in [7, 11) is 4.72. The number of nitrogens with zero attached hydrogens (tertiary/aromatic N) is 1. The number of ether oxygens (including phenoxy) is 3. The molecule has 0 radical (unpaired) electrons. The van der Waals surface area contributed by atoms with E-state index in [1.54, 1.807) is 39.5 Å². The van der Waals surface area contributed by atoms with Gasteiger partial charge >= 0.3 is 0 Å². The fourth-order valence-electron chi connectivity index (χ4n) is 2.54. The zero-order valence-electron chi connectivity index (χ0n) is 15.9. The van der Waals surface area contributed by atoms with Crippen molar-refractivity contribution in [2.45, 2.75) is 6.42 Å². The van der Waals surface area contributed by atoms with Crippen LogP contribution in [0.5, 0.6) is 17.2 Å². The van der Waals surface area contributed by atoms with Crippen molar-refractivity contribution in [2.75, 3.05) is 27.9 Å². The average molecular weight is 445 g/mol. The van der Waals surface area contributed by atoms with Crippen molar-refractivity contribution < 1.29 is 19.0 Å². The van der Waals surface area contributed by atoms with Crippen LogP contribution in [0.1, 0.15) is 11.1 Å². The zero-order chi connectivity index (χ0) is 20.5. The van der Waals surface area contributed by atoms with E-state index in [1.165, 1.54) is 6.08 Å². The third-order valence-corrected chi connectivity index (χ3v) is 4.62. The lowest BCUT2D eigenvalue weighted by Gasteiger charge is -2.10. The van der Waals surface area contributed by atoms with Crippen LogP contribution in [0.25, 0.3) is 6.08 Å². The Kier molecular flexibility index (Phi) is 7.90. The predicted molar refractivity (Wildman–Crippen MR) is 111 cm³/mol. The van der Waals surface area contributed by atoms with Gasteiger partial charge in [0.05, 0.1) is 25.8 Å². The second-order valence-corrected chi connectivity index (χ2v) is 6.61. The SMILES string of the molecule is COc1ccc(/C=C(\C#N)C(=O)NCCc2ccc(OC)c(OC)c2)cc1Br. The highest BCUT2D eigenvalue weighted by Gasteiger charge is 2.10. The lowest BCUT2D eigenvalue weighted by molar-refractivity contribution is -0.117. The highest BCUT2D eigenvalue weighted by Crippen LogP contribution is 2.28. The van der Waals surface area contributed by atoms with Crippen LogP contribution in [-0.2, 0) is 11.2 Å². The molecular formula is C21H21BrN2O4. The largest absolute Gasteiger partial charge is 0.496 e. The minimum Gasteiger partial charge on any atom is -0.496 e. The first kappa shape index (κ1) is 21.3. The molecule has 1 N–H and O–H groups in total.